The maximum Gasteiger partial charge on any atom is 0.234 e. The number of halogens is 1. The third kappa shape index (κ3) is 4.37. The number of carbonyl (C=O) groups is 1. The number of aryl methyl sites for hydroxylation is 3. The van der Waals surface area contributed by atoms with Gasteiger partial charge in [-0.1, -0.05) is 47.1 Å². The second-order valence-corrected chi connectivity index (χ2v) is 7.92. The maximum absolute atomic E-state index is 12.5. The van der Waals surface area contributed by atoms with Gasteiger partial charge in [0.05, 0.1) is 11.4 Å². The lowest BCUT2D eigenvalue weighted by atomic mass is 10.1. The molecule has 1 aromatic heterocycles. The summed E-state index contributed by atoms with van der Waals surface area (Å²) in [7, 11) is 0. The van der Waals surface area contributed by atoms with Crippen LogP contribution in [0.25, 0.3) is 5.69 Å². The topological polar surface area (TPSA) is 46.9 Å². The largest absolute Gasteiger partial charge is 0.325 e. The summed E-state index contributed by atoms with van der Waals surface area (Å²) in [5.41, 5.74) is 6.17. The van der Waals surface area contributed by atoms with Crippen LogP contribution in [0.5, 0.6) is 0 Å². The highest BCUT2D eigenvalue weighted by Crippen LogP contribution is 2.27. The molecule has 0 aliphatic rings. The molecule has 0 saturated heterocycles. The SMILES string of the molecule is Cc1cc(C)c(NC(=O)CSc2nccn2-c2cccc(Cl)c2C)c(C)c1. The van der Waals surface area contributed by atoms with Crippen LogP contribution in [0.2, 0.25) is 5.02 Å². The van der Waals surface area contributed by atoms with Crippen LogP contribution in [0, 0.1) is 27.7 Å². The van der Waals surface area contributed by atoms with Crippen molar-refractivity contribution in [2.24, 2.45) is 0 Å². The molecular formula is C21H22ClN3OS. The number of nitrogens with one attached hydrogen (secondary N) is 1. The number of thioether (sulfide) groups is 1. The average molecular weight is 400 g/mol. The van der Waals surface area contributed by atoms with E-state index >= 15 is 0 Å². The van der Waals surface area contributed by atoms with Gasteiger partial charge in [0.25, 0.3) is 0 Å². The number of aromatic nitrogens is 2. The van der Waals surface area contributed by atoms with Crippen LogP contribution in [0.15, 0.2) is 47.9 Å². The lowest BCUT2D eigenvalue weighted by Crippen LogP contribution is -2.16. The Hall–Kier alpha value is -2.24. The lowest BCUT2D eigenvalue weighted by Gasteiger charge is -2.13. The minimum Gasteiger partial charge on any atom is -0.325 e. The summed E-state index contributed by atoms with van der Waals surface area (Å²) < 4.78 is 1.96. The fraction of sp³-hybridized carbons (Fsp3) is 0.238. The molecule has 140 valence electrons. The van der Waals surface area contributed by atoms with Gasteiger partial charge in [0.2, 0.25) is 5.91 Å². The molecule has 2 aromatic carbocycles. The van der Waals surface area contributed by atoms with E-state index in [2.05, 4.69) is 29.4 Å². The number of benzene rings is 2. The molecule has 6 heteroatoms. The monoisotopic (exact) mass is 399 g/mol. The van der Waals surface area contributed by atoms with Gasteiger partial charge in [0, 0.05) is 23.1 Å². The molecule has 27 heavy (non-hydrogen) atoms. The standard InChI is InChI=1S/C21H22ClN3OS/c1-13-10-14(2)20(15(3)11-13)24-19(26)12-27-21-23-8-9-25(21)18-7-5-6-17(22)16(18)4/h5-11H,12H2,1-4H3,(H,24,26). The number of hydrogen-bond acceptors (Lipinski definition) is 3. The Bertz CT molecular complexity index is 974. The summed E-state index contributed by atoms with van der Waals surface area (Å²) >= 11 is 7.64. The molecular weight excluding hydrogens is 378 g/mol. The quantitative estimate of drug-likeness (QED) is 0.577. The molecule has 0 aliphatic carbocycles. The molecule has 0 spiro atoms. The molecule has 0 atom stereocenters. The van der Waals surface area contributed by atoms with E-state index in [4.69, 9.17) is 11.6 Å². The van der Waals surface area contributed by atoms with E-state index in [0.717, 1.165) is 33.2 Å². The highest BCUT2D eigenvalue weighted by molar-refractivity contribution is 7.99. The molecule has 0 unspecified atom stereocenters. The van der Waals surface area contributed by atoms with Gasteiger partial charge in [-0.3, -0.25) is 9.36 Å². The molecule has 0 saturated carbocycles. The number of nitrogens with zero attached hydrogens (tertiary/aromatic N) is 2. The van der Waals surface area contributed by atoms with Gasteiger partial charge < -0.3 is 5.32 Å². The van der Waals surface area contributed by atoms with Crippen molar-refractivity contribution in [3.05, 3.63) is 70.0 Å². The normalized spacial score (nSPS) is 10.9. The number of hydrogen-bond donors (Lipinski definition) is 1. The number of imidazole rings is 1. The van der Waals surface area contributed by atoms with Crippen molar-refractivity contribution < 1.29 is 4.79 Å². The van der Waals surface area contributed by atoms with Crippen LogP contribution in [0.1, 0.15) is 22.3 Å². The van der Waals surface area contributed by atoms with Crippen LogP contribution in [-0.2, 0) is 4.79 Å². The van der Waals surface area contributed by atoms with Gasteiger partial charge in [-0.15, -0.1) is 0 Å². The molecule has 0 fully saturated rings. The zero-order valence-electron chi connectivity index (χ0n) is 15.8. The van der Waals surface area contributed by atoms with Gasteiger partial charge in [0.1, 0.15) is 0 Å². The van der Waals surface area contributed by atoms with Gasteiger partial charge >= 0.3 is 0 Å². The summed E-state index contributed by atoms with van der Waals surface area (Å²) in [6, 6.07) is 9.92. The number of carbonyl (C=O) groups excluding carboxylic acids is 1. The fourth-order valence-electron chi connectivity index (χ4n) is 3.12. The molecule has 3 rings (SSSR count). The number of rotatable bonds is 5. The van der Waals surface area contributed by atoms with Gasteiger partial charge in [-0.05, 0) is 56.5 Å². The zero-order chi connectivity index (χ0) is 19.6. The molecule has 0 radical (unpaired) electrons. The smallest absolute Gasteiger partial charge is 0.234 e. The van der Waals surface area contributed by atoms with Crippen molar-refractivity contribution in [3.8, 4) is 5.69 Å². The van der Waals surface area contributed by atoms with Crippen molar-refractivity contribution in [2.45, 2.75) is 32.9 Å². The van der Waals surface area contributed by atoms with Crippen molar-refractivity contribution in [2.75, 3.05) is 11.1 Å². The van der Waals surface area contributed by atoms with E-state index in [0.29, 0.717) is 5.02 Å². The highest BCUT2D eigenvalue weighted by atomic mass is 35.5. The maximum atomic E-state index is 12.5. The van der Waals surface area contributed by atoms with E-state index < -0.39 is 0 Å². The molecule has 3 aromatic rings. The summed E-state index contributed by atoms with van der Waals surface area (Å²) in [5, 5.41) is 4.50. The van der Waals surface area contributed by atoms with E-state index in [-0.39, 0.29) is 11.7 Å². The molecule has 1 heterocycles. The molecule has 0 aliphatic heterocycles. The van der Waals surface area contributed by atoms with Crippen LogP contribution in [0.4, 0.5) is 5.69 Å². The Morgan fingerprint density at radius 3 is 2.59 bits per heavy atom. The Labute approximate surface area is 169 Å². The Morgan fingerprint density at radius 2 is 1.89 bits per heavy atom. The van der Waals surface area contributed by atoms with Crippen LogP contribution in [-0.4, -0.2) is 21.2 Å². The summed E-state index contributed by atoms with van der Waals surface area (Å²) in [6.45, 7) is 8.05. The first kappa shape index (κ1) is 19.5. The summed E-state index contributed by atoms with van der Waals surface area (Å²) in [4.78, 5) is 16.9. The minimum atomic E-state index is -0.0487. The second-order valence-electron chi connectivity index (χ2n) is 6.57. The zero-order valence-corrected chi connectivity index (χ0v) is 17.4. The van der Waals surface area contributed by atoms with E-state index in [1.54, 1.807) is 6.20 Å². The van der Waals surface area contributed by atoms with E-state index in [1.807, 2.05) is 49.7 Å². The molecule has 1 amide bonds. The van der Waals surface area contributed by atoms with Crippen LogP contribution < -0.4 is 5.32 Å². The Balaban J connectivity index is 1.73. The highest BCUT2D eigenvalue weighted by Gasteiger charge is 2.13. The number of anilines is 1. The van der Waals surface area contributed by atoms with Gasteiger partial charge in [-0.2, -0.15) is 0 Å². The first-order valence-electron chi connectivity index (χ1n) is 8.66. The third-order valence-electron chi connectivity index (χ3n) is 4.38. The molecule has 1 N–H and O–H groups in total. The van der Waals surface area contributed by atoms with Crippen molar-refractivity contribution in [3.63, 3.8) is 0 Å². The van der Waals surface area contributed by atoms with Crippen LogP contribution in [0.3, 0.4) is 0 Å². The minimum absolute atomic E-state index is 0.0487. The summed E-state index contributed by atoms with van der Waals surface area (Å²) in [5.74, 6) is 0.232. The summed E-state index contributed by atoms with van der Waals surface area (Å²) in [6.07, 6.45) is 3.61. The average Bonchev–Trinajstić information content (AvgIpc) is 3.07. The van der Waals surface area contributed by atoms with Crippen molar-refractivity contribution in [1.29, 1.82) is 0 Å². The first-order chi connectivity index (χ1) is 12.9. The Kier molecular flexibility index (Phi) is 5.92. The van der Waals surface area contributed by atoms with Crippen LogP contribution >= 0.6 is 23.4 Å². The second kappa shape index (κ2) is 8.19. The van der Waals surface area contributed by atoms with Gasteiger partial charge in [0.15, 0.2) is 5.16 Å². The fourth-order valence-corrected chi connectivity index (χ4v) is 4.06. The lowest BCUT2D eigenvalue weighted by molar-refractivity contribution is -0.113. The Morgan fingerprint density at radius 1 is 1.19 bits per heavy atom. The predicted molar refractivity (Wildman–Crippen MR) is 113 cm³/mol. The van der Waals surface area contributed by atoms with Gasteiger partial charge in [-0.25, -0.2) is 4.98 Å². The van der Waals surface area contributed by atoms with E-state index in [9.17, 15) is 4.79 Å². The molecule has 4 nitrogen and oxygen atoms in total. The predicted octanol–water partition coefficient (Wildman–Crippen LogP) is 5.49. The molecule has 0 bridgehead atoms. The van der Waals surface area contributed by atoms with E-state index in [1.165, 1.54) is 17.3 Å². The first-order valence-corrected chi connectivity index (χ1v) is 10.0. The number of amides is 1. The van der Waals surface area contributed by atoms with Crippen molar-refractivity contribution in [1.82, 2.24) is 9.55 Å². The van der Waals surface area contributed by atoms with Crippen molar-refractivity contribution >= 4 is 35.0 Å². The third-order valence-corrected chi connectivity index (χ3v) is 5.76.